The van der Waals surface area contributed by atoms with E-state index >= 15 is 0 Å². The molecule has 1 spiro atoms. The maximum atomic E-state index is 13.6. The van der Waals surface area contributed by atoms with E-state index in [1.807, 2.05) is 0 Å². The Kier molecular flexibility index (Phi) is 5.99. The molecule has 5 amide bonds. The van der Waals surface area contributed by atoms with Gasteiger partial charge in [0.1, 0.15) is 18.1 Å². The molecule has 0 aliphatic carbocycles. The largest absolute Gasteiger partial charge is 0.493 e. The first-order valence-electron chi connectivity index (χ1n) is 11.7. The topological polar surface area (TPSA) is 117 Å². The summed E-state index contributed by atoms with van der Waals surface area (Å²) in [4.78, 5) is 53.5. The Morgan fingerprint density at radius 1 is 1.14 bits per heavy atom. The number of aryl methyl sites for hydroxylation is 1. The van der Waals surface area contributed by atoms with Crippen LogP contribution < -0.4 is 15.4 Å². The Morgan fingerprint density at radius 3 is 2.78 bits per heavy atom. The average molecular weight is 496 g/mol. The molecule has 0 bridgehead atoms. The number of hydrogen-bond donors (Lipinski definition) is 2. The number of carbonyl (C=O) groups is 4. The third-order valence-electron chi connectivity index (χ3n) is 6.74. The fourth-order valence-corrected chi connectivity index (χ4v) is 4.87. The third-order valence-corrected chi connectivity index (χ3v) is 6.74. The second-order valence-corrected chi connectivity index (χ2v) is 8.93. The van der Waals surface area contributed by atoms with Crippen LogP contribution in [0.15, 0.2) is 36.4 Å². The van der Waals surface area contributed by atoms with Crippen LogP contribution in [0.3, 0.4) is 0 Å². The smallest absolute Gasteiger partial charge is 0.418 e. The van der Waals surface area contributed by atoms with Crippen LogP contribution in [0.25, 0.3) is 0 Å². The quantitative estimate of drug-likeness (QED) is 0.675. The van der Waals surface area contributed by atoms with Crippen LogP contribution in [0.5, 0.6) is 5.75 Å². The lowest BCUT2D eigenvalue weighted by Crippen LogP contribution is -2.46. The maximum Gasteiger partial charge on any atom is 0.418 e. The highest BCUT2D eigenvalue weighted by atomic mass is 19.1. The van der Waals surface area contributed by atoms with Crippen molar-refractivity contribution in [2.45, 2.75) is 31.4 Å². The summed E-state index contributed by atoms with van der Waals surface area (Å²) in [7, 11) is 1.48. The summed E-state index contributed by atoms with van der Waals surface area (Å²) in [5.74, 6) is -1.04. The first-order chi connectivity index (χ1) is 17.3. The summed E-state index contributed by atoms with van der Waals surface area (Å²) >= 11 is 0. The number of benzene rings is 2. The number of anilines is 1. The Morgan fingerprint density at radius 2 is 1.97 bits per heavy atom. The molecule has 2 aromatic rings. The highest BCUT2D eigenvalue weighted by Gasteiger charge is 2.58. The first-order valence-corrected chi connectivity index (χ1v) is 11.7. The minimum Gasteiger partial charge on any atom is -0.493 e. The fourth-order valence-electron chi connectivity index (χ4n) is 4.87. The zero-order chi connectivity index (χ0) is 25.4. The van der Waals surface area contributed by atoms with E-state index in [-0.39, 0.29) is 25.4 Å². The lowest BCUT2D eigenvalue weighted by atomic mass is 9.87. The molecule has 1 fully saturated rings. The van der Waals surface area contributed by atoms with Crippen LogP contribution in [0.2, 0.25) is 0 Å². The van der Waals surface area contributed by atoms with Gasteiger partial charge in [0.2, 0.25) is 11.5 Å². The van der Waals surface area contributed by atoms with Gasteiger partial charge >= 0.3 is 12.1 Å². The van der Waals surface area contributed by atoms with Crippen LogP contribution in [0.4, 0.5) is 19.7 Å². The Hall–Kier alpha value is -4.15. The number of nitrogens with zero attached hydrogens (tertiary/aromatic N) is 2. The van der Waals surface area contributed by atoms with E-state index in [1.165, 1.54) is 19.2 Å². The molecule has 5 rings (SSSR count). The Balaban J connectivity index is 1.35. The van der Waals surface area contributed by atoms with E-state index in [0.29, 0.717) is 36.4 Å². The molecule has 3 heterocycles. The molecule has 188 valence electrons. The summed E-state index contributed by atoms with van der Waals surface area (Å²) < 4.78 is 24.9. The normalized spacial score (nSPS) is 20.7. The third kappa shape index (κ3) is 4.10. The van der Waals surface area contributed by atoms with Crippen LogP contribution >= 0.6 is 0 Å². The second-order valence-electron chi connectivity index (χ2n) is 8.93. The van der Waals surface area contributed by atoms with Gasteiger partial charge in [-0.05, 0) is 48.2 Å². The SMILES string of the molecule is CNC(=O)Nc1ccc2c(c1)OCC[C@@]21OC(=O)N(CC(=O)N2CCCc3cc(F)ccc3C2)C1=O. The molecule has 3 aliphatic heterocycles. The van der Waals surface area contributed by atoms with Crippen LogP contribution in [0, 0.1) is 5.82 Å². The van der Waals surface area contributed by atoms with E-state index < -0.39 is 36.1 Å². The zero-order valence-electron chi connectivity index (χ0n) is 19.6. The predicted octanol–water partition coefficient (Wildman–Crippen LogP) is 2.51. The summed E-state index contributed by atoms with van der Waals surface area (Å²) in [6.07, 6.45) is 0.478. The Bertz CT molecular complexity index is 1270. The van der Waals surface area contributed by atoms with Crippen molar-refractivity contribution in [1.82, 2.24) is 15.1 Å². The van der Waals surface area contributed by atoms with Gasteiger partial charge in [-0.1, -0.05) is 6.07 Å². The zero-order valence-corrected chi connectivity index (χ0v) is 19.6. The number of ether oxygens (including phenoxy) is 2. The lowest BCUT2D eigenvalue weighted by Gasteiger charge is -2.32. The van der Waals surface area contributed by atoms with Crippen molar-refractivity contribution < 1.29 is 33.0 Å². The highest BCUT2D eigenvalue weighted by molar-refractivity contribution is 6.06. The van der Waals surface area contributed by atoms with Crippen LogP contribution in [0.1, 0.15) is 29.5 Å². The summed E-state index contributed by atoms with van der Waals surface area (Å²) in [5.41, 5.74) is 0.892. The van der Waals surface area contributed by atoms with Crippen molar-refractivity contribution in [3.05, 3.63) is 58.9 Å². The molecular weight excluding hydrogens is 471 g/mol. The Labute approximate surface area is 206 Å². The minimum absolute atomic E-state index is 0.0974. The van der Waals surface area contributed by atoms with E-state index in [9.17, 15) is 23.6 Å². The van der Waals surface area contributed by atoms with E-state index in [1.54, 1.807) is 29.2 Å². The van der Waals surface area contributed by atoms with Gasteiger partial charge in [0.25, 0.3) is 5.91 Å². The van der Waals surface area contributed by atoms with Gasteiger partial charge in [-0.2, -0.15) is 0 Å². The molecule has 0 radical (unpaired) electrons. The second kappa shape index (κ2) is 9.14. The van der Waals surface area contributed by atoms with Crippen molar-refractivity contribution in [1.29, 1.82) is 0 Å². The van der Waals surface area contributed by atoms with Gasteiger partial charge in [0, 0.05) is 43.9 Å². The number of imide groups is 1. The van der Waals surface area contributed by atoms with Gasteiger partial charge in [0.15, 0.2) is 0 Å². The molecule has 36 heavy (non-hydrogen) atoms. The molecule has 3 aliphatic rings. The number of fused-ring (bicyclic) bond motifs is 3. The summed E-state index contributed by atoms with van der Waals surface area (Å²) in [6, 6.07) is 8.78. The molecule has 10 nitrogen and oxygen atoms in total. The molecule has 0 aromatic heterocycles. The number of rotatable bonds is 3. The van der Waals surface area contributed by atoms with Crippen LogP contribution in [-0.2, 0) is 32.9 Å². The number of nitrogens with one attached hydrogen (secondary N) is 2. The van der Waals surface area contributed by atoms with Crippen molar-refractivity contribution in [2.24, 2.45) is 0 Å². The summed E-state index contributed by atoms with van der Waals surface area (Å²) in [6.45, 7) is 0.350. The number of hydrogen-bond acceptors (Lipinski definition) is 6. The standard InChI is InChI=1S/C25H25FN4O6/c1-27-23(33)28-18-6-7-19-20(12-18)35-10-8-25(19)22(32)30(24(34)36-25)14-21(31)29-9-2-3-15-11-17(26)5-4-16(15)13-29/h4-7,11-12H,2-3,8-10,13-14H2,1H3,(H2,27,28,33)/t25-/m1/s1. The molecule has 2 aromatic carbocycles. The number of carbonyl (C=O) groups excluding carboxylic acids is 4. The van der Waals surface area contributed by atoms with E-state index in [2.05, 4.69) is 10.6 Å². The number of amides is 5. The first kappa shape index (κ1) is 23.6. The molecule has 0 unspecified atom stereocenters. The predicted molar refractivity (Wildman–Crippen MR) is 125 cm³/mol. The maximum absolute atomic E-state index is 13.6. The highest BCUT2D eigenvalue weighted by Crippen LogP contribution is 2.45. The van der Waals surface area contributed by atoms with Gasteiger partial charge in [-0.3, -0.25) is 9.59 Å². The molecule has 0 saturated carbocycles. The molecule has 1 saturated heterocycles. The number of urea groups is 1. The fraction of sp³-hybridized carbons (Fsp3) is 0.360. The lowest BCUT2D eigenvalue weighted by molar-refractivity contribution is -0.143. The van der Waals surface area contributed by atoms with Gasteiger partial charge in [-0.15, -0.1) is 0 Å². The van der Waals surface area contributed by atoms with Crippen molar-refractivity contribution >= 4 is 29.6 Å². The van der Waals surface area contributed by atoms with E-state index in [4.69, 9.17) is 9.47 Å². The van der Waals surface area contributed by atoms with Gasteiger partial charge in [-0.25, -0.2) is 18.9 Å². The molecule has 1 atom stereocenters. The van der Waals surface area contributed by atoms with Crippen LogP contribution in [-0.4, -0.2) is 60.5 Å². The van der Waals surface area contributed by atoms with Crippen molar-refractivity contribution in [3.63, 3.8) is 0 Å². The van der Waals surface area contributed by atoms with E-state index in [0.717, 1.165) is 16.0 Å². The molecule has 2 N–H and O–H groups in total. The van der Waals surface area contributed by atoms with Gasteiger partial charge in [0.05, 0.1) is 6.61 Å². The summed E-state index contributed by atoms with van der Waals surface area (Å²) in [5, 5.41) is 5.07. The van der Waals surface area contributed by atoms with Crippen molar-refractivity contribution in [3.8, 4) is 5.75 Å². The minimum atomic E-state index is -1.60. The molecular formula is C25H25FN4O6. The number of halogens is 1. The van der Waals surface area contributed by atoms with Crippen molar-refractivity contribution in [2.75, 3.05) is 32.1 Å². The monoisotopic (exact) mass is 496 g/mol. The molecule has 11 heteroatoms. The average Bonchev–Trinajstić information content (AvgIpc) is 3.00. The van der Waals surface area contributed by atoms with Gasteiger partial charge < -0.3 is 25.0 Å².